The van der Waals surface area contributed by atoms with Crippen molar-refractivity contribution in [3.63, 3.8) is 0 Å². The van der Waals surface area contributed by atoms with Crippen LogP contribution >= 0.6 is 0 Å². The summed E-state index contributed by atoms with van der Waals surface area (Å²) in [4.78, 5) is 22.9. The summed E-state index contributed by atoms with van der Waals surface area (Å²) in [6.45, 7) is 6.67. The van der Waals surface area contributed by atoms with E-state index in [9.17, 15) is 9.59 Å². The van der Waals surface area contributed by atoms with Gasteiger partial charge in [0.15, 0.2) is 0 Å². The van der Waals surface area contributed by atoms with E-state index in [-0.39, 0.29) is 11.9 Å². The maximum Gasteiger partial charge on any atom is 0.326 e. The van der Waals surface area contributed by atoms with Gasteiger partial charge in [0.2, 0.25) is 0 Å². The molecule has 2 unspecified atom stereocenters. The highest BCUT2D eigenvalue weighted by Gasteiger charge is 2.25. The number of carbonyl (C=O) groups excluding carboxylic acids is 1. The molecule has 2 amide bonds. The Hall–Kier alpha value is -1.26. The molecule has 0 bridgehead atoms. The van der Waals surface area contributed by atoms with Crippen molar-refractivity contribution in [2.24, 2.45) is 17.8 Å². The van der Waals surface area contributed by atoms with E-state index in [1.165, 1.54) is 25.7 Å². The van der Waals surface area contributed by atoms with Crippen LogP contribution in [-0.2, 0) is 4.79 Å². The number of aliphatic carboxylic acids is 1. The van der Waals surface area contributed by atoms with Crippen molar-refractivity contribution in [3.8, 4) is 0 Å². The fraction of sp³-hybridized carbons (Fsp3) is 0.875. The Morgan fingerprint density at radius 3 is 2.62 bits per heavy atom. The highest BCUT2D eigenvalue weighted by molar-refractivity contribution is 5.82. The smallest absolute Gasteiger partial charge is 0.326 e. The minimum atomic E-state index is -0.972. The summed E-state index contributed by atoms with van der Waals surface area (Å²) in [5, 5.41) is 14.5. The quantitative estimate of drug-likeness (QED) is 0.676. The zero-order chi connectivity index (χ0) is 15.8. The predicted molar refractivity (Wildman–Crippen MR) is 83.2 cm³/mol. The third kappa shape index (κ3) is 6.36. The van der Waals surface area contributed by atoms with Gasteiger partial charge in [-0.15, -0.1) is 0 Å². The SMILES string of the molecule is CC[C@H](C)[C@H](NC(=O)NCCC1CCCC(C)C1)C(=O)O. The molecule has 5 heteroatoms. The van der Waals surface area contributed by atoms with Crippen LogP contribution in [0.15, 0.2) is 0 Å². The summed E-state index contributed by atoms with van der Waals surface area (Å²) in [6.07, 6.45) is 6.80. The van der Waals surface area contributed by atoms with Crippen molar-refractivity contribution in [3.05, 3.63) is 0 Å². The third-order valence-electron chi connectivity index (χ3n) is 4.65. The molecule has 122 valence electrons. The van der Waals surface area contributed by atoms with Crippen LogP contribution in [0.3, 0.4) is 0 Å². The molecule has 0 heterocycles. The van der Waals surface area contributed by atoms with Crippen LogP contribution in [0.1, 0.15) is 59.3 Å². The highest BCUT2D eigenvalue weighted by Crippen LogP contribution is 2.30. The first kappa shape index (κ1) is 17.8. The molecule has 0 aliphatic heterocycles. The Labute approximate surface area is 127 Å². The van der Waals surface area contributed by atoms with Gasteiger partial charge in [-0.3, -0.25) is 0 Å². The van der Waals surface area contributed by atoms with E-state index in [1.54, 1.807) is 0 Å². The fourth-order valence-electron chi connectivity index (χ4n) is 3.09. The van der Waals surface area contributed by atoms with Gasteiger partial charge in [0, 0.05) is 6.54 Å². The van der Waals surface area contributed by atoms with E-state index in [0.717, 1.165) is 18.8 Å². The van der Waals surface area contributed by atoms with E-state index >= 15 is 0 Å². The second-order valence-electron chi connectivity index (χ2n) is 6.53. The van der Waals surface area contributed by atoms with E-state index < -0.39 is 12.0 Å². The second-order valence-corrected chi connectivity index (χ2v) is 6.53. The number of carboxylic acid groups (broad SMARTS) is 1. The van der Waals surface area contributed by atoms with Crippen LogP contribution in [0.2, 0.25) is 0 Å². The molecule has 0 spiro atoms. The number of urea groups is 1. The zero-order valence-electron chi connectivity index (χ0n) is 13.5. The molecule has 1 saturated carbocycles. The third-order valence-corrected chi connectivity index (χ3v) is 4.65. The van der Waals surface area contributed by atoms with Gasteiger partial charge in [-0.05, 0) is 30.6 Å². The molecule has 0 radical (unpaired) electrons. The summed E-state index contributed by atoms with van der Waals surface area (Å²) < 4.78 is 0. The number of hydrogen-bond donors (Lipinski definition) is 3. The summed E-state index contributed by atoms with van der Waals surface area (Å²) in [5.41, 5.74) is 0. The average Bonchev–Trinajstić information content (AvgIpc) is 2.43. The first-order valence-corrected chi connectivity index (χ1v) is 8.21. The average molecular weight is 298 g/mol. The summed E-state index contributed by atoms with van der Waals surface area (Å²) in [5.74, 6) is 0.436. The number of hydrogen-bond acceptors (Lipinski definition) is 2. The first-order chi connectivity index (χ1) is 9.93. The lowest BCUT2D eigenvalue weighted by Crippen LogP contribution is -2.49. The summed E-state index contributed by atoms with van der Waals surface area (Å²) in [6, 6.07) is -1.18. The fourth-order valence-corrected chi connectivity index (χ4v) is 3.09. The van der Waals surface area contributed by atoms with Crippen molar-refractivity contribution in [1.29, 1.82) is 0 Å². The molecule has 0 aromatic carbocycles. The van der Waals surface area contributed by atoms with Crippen molar-refractivity contribution < 1.29 is 14.7 Å². The van der Waals surface area contributed by atoms with Crippen LogP contribution < -0.4 is 10.6 Å². The monoisotopic (exact) mass is 298 g/mol. The molecule has 5 nitrogen and oxygen atoms in total. The Kier molecular flexibility index (Phi) is 7.54. The van der Waals surface area contributed by atoms with Gasteiger partial charge in [-0.1, -0.05) is 46.5 Å². The van der Waals surface area contributed by atoms with Gasteiger partial charge in [0.1, 0.15) is 6.04 Å². The number of carbonyl (C=O) groups is 2. The van der Waals surface area contributed by atoms with E-state index in [0.29, 0.717) is 12.5 Å². The van der Waals surface area contributed by atoms with Gasteiger partial charge in [0.25, 0.3) is 0 Å². The molecule has 21 heavy (non-hydrogen) atoms. The largest absolute Gasteiger partial charge is 0.480 e. The Balaban J connectivity index is 2.27. The van der Waals surface area contributed by atoms with Crippen LogP contribution in [0.4, 0.5) is 4.79 Å². The molecular formula is C16H30N2O3. The van der Waals surface area contributed by atoms with Crippen LogP contribution in [-0.4, -0.2) is 29.7 Å². The maximum absolute atomic E-state index is 11.8. The lowest BCUT2D eigenvalue weighted by atomic mass is 9.81. The lowest BCUT2D eigenvalue weighted by Gasteiger charge is -2.27. The number of amides is 2. The molecule has 1 aliphatic carbocycles. The number of nitrogens with one attached hydrogen (secondary N) is 2. The molecule has 0 saturated heterocycles. The minimum Gasteiger partial charge on any atom is -0.480 e. The summed E-state index contributed by atoms with van der Waals surface area (Å²) >= 11 is 0. The van der Waals surface area contributed by atoms with Gasteiger partial charge >= 0.3 is 12.0 Å². The Morgan fingerprint density at radius 2 is 2.05 bits per heavy atom. The Morgan fingerprint density at radius 1 is 1.33 bits per heavy atom. The zero-order valence-corrected chi connectivity index (χ0v) is 13.5. The molecule has 3 N–H and O–H groups in total. The first-order valence-electron chi connectivity index (χ1n) is 8.21. The standard InChI is InChI=1S/C16H30N2O3/c1-4-12(3)14(15(19)20)18-16(21)17-9-8-13-7-5-6-11(2)10-13/h11-14H,4-10H2,1-3H3,(H,19,20)(H2,17,18,21)/t11?,12-,13?,14-/m0/s1. The van der Waals surface area contributed by atoms with Crippen molar-refractivity contribution in [1.82, 2.24) is 10.6 Å². The molecule has 1 aliphatic rings. The topological polar surface area (TPSA) is 78.4 Å². The molecule has 1 fully saturated rings. The molecule has 1 rings (SSSR count). The highest BCUT2D eigenvalue weighted by atomic mass is 16.4. The molecule has 0 aromatic rings. The second kappa shape index (κ2) is 8.90. The van der Waals surface area contributed by atoms with Gasteiger partial charge in [-0.25, -0.2) is 9.59 Å². The van der Waals surface area contributed by atoms with Gasteiger partial charge in [0.05, 0.1) is 0 Å². The van der Waals surface area contributed by atoms with Crippen molar-refractivity contribution >= 4 is 12.0 Å². The maximum atomic E-state index is 11.8. The van der Waals surface area contributed by atoms with E-state index in [4.69, 9.17) is 5.11 Å². The molecule has 0 aromatic heterocycles. The van der Waals surface area contributed by atoms with Crippen LogP contribution in [0.25, 0.3) is 0 Å². The van der Waals surface area contributed by atoms with Crippen LogP contribution in [0.5, 0.6) is 0 Å². The normalized spacial score (nSPS) is 24.9. The Bertz CT molecular complexity index is 346. The minimum absolute atomic E-state index is 0.0764. The van der Waals surface area contributed by atoms with Crippen molar-refractivity contribution in [2.45, 2.75) is 65.3 Å². The lowest BCUT2D eigenvalue weighted by molar-refractivity contribution is -0.140. The van der Waals surface area contributed by atoms with Gasteiger partial charge < -0.3 is 15.7 Å². The van der Waals surface area contributed by atoms with Crippen LogP contribution in [0, 0.1) is 17.8 Å². The number of rotatable bonds is 7. The predicted octanol–water partition coefficient (Wildman–Crippen LogP) is 3.00. The van der Waals surface area contributed by atoms with Gasteiger partial charge in [-0.2, -0.15) is 0 Å². The van der Waals surface area contributed by atoms with E-state index in [2.05, 4.69) is 17.6 Å². The molecular weight excluding hydrogens is 268 g/mol. The van der Waals surface area contributed by atoms with E-state index in [1.807, 2.05) is 13.8 Å². The molecule has 4 atom stereocenters. The summed E-state index contributed by atoms with van der Waals surface area (Å²) in [7, 11) is 0. The van der Waals surface area contributed by atoms with Crippen molar-refractivity contribution in [2.75, 3.05) is 6.54 Å². The number of carboxylic acids is 1.